The van der Waals surface area contributed by atoms with Gasteiger partial charge < -0.3 is 20.3 Å². The van der Waals surface area contributed by atoms with E-state index < -0.39 is 11.4 Å². The summed E-state index contributed by atoms with van der Waals surface area (Å²) in [6.07, 6.45) is 0.700. The van der Waals surface area contributed by atoms with Crippen LogP contribution < -0.4 is 5.73 Å². The molecule has 3 N–H and O–H groups in total. The smallest absolute Gasteiger partial charge is 0.164 e. The molecule has 1 heterocycles. The highest BCUT2D eigenvalue weighted by molar-refractivity contribution is 5.09. The summed E-state index contributed by atoms with van der Waals surface area (Å²) in [6.45, 7) is 5.87. The summed E-state index contributed by atoms with van der Waals surface area (Å²) in [5, 5.41) is 9.22. The normalized spacial score (nSPS) is 50.8. The first-order valence-corrected chi connectivity index (χ1v) is 5.13. The van der Waals surface area contributed by atoms with Crippen LogP contribution in [0.25, 0.3) is 0 Å². The van der Waals surface area contributed by atoms with E-state index in [1.165, 1.54) is 0 Å². The van der Waals surface area contributed by atoms with Crippen molar-refractivity contribution in [1.29, 1.82) is 0 Å². The average Bonchev–Trinajstić information content (AvgIpc) is 2.42. The van der Waals surface area contributed by atoms with Crippen LogP contribution >= 0.6 is 0 Å². The molecule has 2 fully saturated rings. The Balaban J connectivity index is 2.26. The highest BCUT2D eigenvalue weighted by Gasteiger charge is 2.60. The van der Waals surface area contributed by atoms with E-state index in [2.05, 4.69) is 0 Å². The minimum absolute atomic E-state index is 0.0496. The van der Waals surface area contributed by atoms with Gasteiger partial charge in [0.25, 0.3) is 0 Å². The van der Waals surface area contributed by atoms with Crippen LogP contribution in [0.4, 0.5) is 0 Å². The van der Waals surface area contributed by atoms with E-state index in [0.29, 0.717) is 0 Å². The van der Waals surface area contributed by atoms with Crippen LogP contribution in [-0.2, 0) is 9.47 Å². The Morgan fingerprint density at radius 3 is 2.64 bits per heavy atom. The van der Waals surface area contributed by atoms with Gasteiger partial charge in [0.15, 0.2) is 5.79 Å². The van der Waals surface area contributed by atoms with Gasteiger partial charge in [-0.1, -0.05) is 0 Å². The molecule has 0 amide bonds. The van der Waals surface area contributed by atoms with Crippen molar-refractivity contribution < 1.29 is 14.6 Å². The molecule has 82 valence electrons. The molecule has 0 bridgehead atoms. The third kappa shape index (κ3) is 1.29. The fourth-order valence-electron chi connectivity index (χ4n) is 2.74. The fourth-order valence-corrected chi connectivity index (χ4v) is 2.74. The summed E-state index contributed by atoms with van der Waals surface area (Å²) in [5.41, 5.74) is 5.59. The largest absolute Gasteiger partial charge is 0.396 e. The zero-order valence-corrected chi connectivity index (χ0v) is 8.99. The molecule has 0 aromatic heterocycles. The lowest BCUT2D eigenvalue weighted by molar-refractivity contribution is -0.171. The summed E-state index contributed by atoms with van der Waals surface area (Å²) in [5.74, 6) is -0.470. The number of aliphatic hydroxyl groups is 1. The first kappa shape index (κ1) is 10.4. The van der Waals surface area contributed by atoms with E-state index in [1.54, 1.807) is 0 Å². The number of aliphatic hydroxyl groups excluding tert-OH is 1. The summed E-state index contributed by atoms with van der Waals surface area (Å²) in [7, 11) is 0. The summed E-state index contributed by atoms with van der Waals surface area (Å²) < 4.78 is 11.6. The first-order valence-electron chi connectivity index (χ1n) is 5.13. The predicted molar refractivity (Wildman–Crippen MR) is 51.6 cm³/mol. The molecule has 0 aromatic carbocycles. The zero-order valence-electron chi connectivity index (χ0n) is 8.99. The Morgan fingerprint density at radius 2 is 2.07 bits per heavy atom. The second-order valence-electron chi connectivity index (χ2n) is 5.01. The Morgan fingerprint density at radius 1 is 1.43 bits per heavy atom. The lowest BCUT2D eigenvalue weighted by Gasteiger charge is -2.28. The van der Waals surface area contributed by atoms with E-state index in [1.807, 2.05) is 20.8 Å². The number of fused-ring (bicyclic) bond motifs is 1. The molecular weight excluding hydrogens is 182 g/mol. The van der Waals surface area contributed by atoms with Crippen LogP contribution in [0.1, 0.15) is 27.2 Å². The molecule has 4 atom stereocenters. The standard InChI is InChI=1S/C10H19NO3/c1-9(2)13-8-6(5-12)4-7(11)10(8,3)14-9/h6-8,12H,4-5,11H2,1-3H3/t6-,7-,8-,10+/m1/s1. The maximum atomic E-state index is 9.22. The summed E-state index contributed by atoms with van der Waals surface area (Å²) in [6, 6.07) is -0.0496. The fraction of sp³-hybridized carbons (Fsp3) is 1.00. The highest BCUT2D eigenvalue weighted by Crippen LogP contribution is 2.48. The van der Waals surface area contributed by atoms with Gasteiger partial charge in [0.1, 0.15) is 5.60 Å². The predicted octanol–water partition coefficient (Wildman–Crippen LogP) is 0.236. The SMILES string of the molecule is CC1(C)O[C@@H]2[C@@H](CO)C[C@@H](N)[C@]2(C)O1. The number of nitrogens with two attached hydrogens (primary N) is 1. The van der Waals surface area contributed by atoms with Crippen molar-refractivity contribution >= 4 is 0 Å². The van der Waals surface area contributed by atoms with E-state index in [0.717, 1.165) is 6.42 Å². The van der Waals surface area contributed by atoms with E-state index in [4.69, 9.17) is 15.2 Å². The van der Waals surface area contributed by atoms with Gasteiger partial charge in [-0.2, -0.15) is 0 Å². The zero-order chi connectivity index (χ0) is 10.6. The lowest BCUT2D eigenvalue weighted by Crippen LogP contribution is -2.47. The molecule has 2 rings (SSSR count). The topological polar surface area (TPSA) is 64.7 Å². The van der Waals surface area contributed by atoms with Crippen LogP contribution in [0, 0.1) is 5.92 Å². The van der Waals surface area contributed by atoms with Crippen molar-refractivity contribution in [3.05, 3.63) is 0 Å². The van der Waals surface area contributed by atoms with Crippen molar-refractivity contribution in [2.45, 2.75) is 50.7 Å². The first-order chi connectivity index (χ1) is 6.39. The minimum Gasteiger partial charge on any atom is -0.396 e. The Hall–Kier alpha value is -0.160. The van der Waals surface area contributed by atoms with Gasteiger partial charge in [-0.3, -0.25) is 0 Å². The molecule has 0 unspecified atom stereocenters. The van der Waals surface area contributed by atoms with Gasteiger partial charge >= 0.3 is 0 Å². The average molecular weight is 201 g/mol. The van der Waals surface area contributed by atoms with Crippen molar-refractivity contribution in [3.63, 3.8) is 0 Å². The molecule has 14 heavy (non-hydrogen) atoms. The van der Waals surface area contributed by atoms with Crippen LogP contribution in [0.5, 0.6) is 0 Å². The second kappa shape index (κ2) is 2.92. The third-order valence-corrected chi connectivity index (χ3v) is 3.40. The van der Waals surface area contributed by atoms with Gasteiger partial charge in [0, 0.05) is 18.6 Å². The number of rotatable bonds is 1. The van der Waals surface area contributed by atoms with Gasteiger partial charge in [0.2, 0.25) is 0 Å². The molecule has 0 aromatic rings. The third-order valence-electron chi connectivity index (χ3n) is 3.40. The van der Waals surface area contributed by atoms with E-state index in [9.17, 15) is 5.11 Å². The summed E-state index contributed by atoms with van der Waals surface area (Å²) >= 11 is 0. The van der Waals surface area contributed by atoms with Crippen molar-refractivity contribution in [3.8, 4) is 0 Å². The van der Waals surface area contributed by atoms with Crippen molar-refractivity contribution in [1.82, 2.24) is 0 Å². The molecule has 1 saturated heterocycles. The van der Waals surface area contributed by atoms with E-state index >= 15 is 0 Å². The monoisotopic (exact) mass is 201 g/mol. The van der Waals surface area contributed by atoms with Crippen LogP contribution in [0.15, 0.2) is 0 Å². The van der Waals surface area contributed by atoms with Gasteiger partial charge in [0.05, 0.1) is 6.10 Å². The Labute approximate surface area is 84.4 Å². The molecule has 4 nitrogen and oxygen atoms in total. The van der Waals surface area contributed by atoms with Crippen LogP contribution in [0.2, 0.25) is 0 Å². The molecule has 0 spiro atoms. The number of hydrogen-bond acceptors (Lipinski definition) is 4. The van der Waals surface area contributed by atoms with Crippen LogP contribution in [0.3, 0.4) is 0 Å². The van der Waals surface area contributed by atoms with E-state index in [-0.39, 0.29) is 24.7 Å². The Kier molecular flexibility index (Phi) is 2.16. The number of ether oxygens (including phenoxy) is 2. The highest BCUT2D eigenvalue weighted by atomic mass is 16.8. The van der Waals surface area contributed by atoms with Gasteiger partial charge in [-0.05, 0) is 27.2 Å². The molecule has 1 aliphatic heterocycles. The quantitative estimate of drug-likeness (QED) is 0.637. The molecular formula is C10H19NO3. The van der Waals surface area contributed by atoms with Crippen molar-refractivity contribution in [2.24, 2.45) is 11.7 Å². The molecule has 4 heteroatoms. The van der Waals surface area contributed by atoms with Crippen LogP contribution in [-0.4, -0.2) is 35.2 Å². The van der Waals surface area contributed by atoms with Crippen molar-refractivity contribution in [2.75, 3.05) is 6.61 Å². The maximum absolute atomic E-state index is 9.22. The molecule has 0 radical (unpaired) electrons. The van der Waals surface area contributed by atoms with Gasteiger partial charge in [-0.25, -0.2) is 0 Å². The minimum atomic E-state index is -0.578. The second-order valence-corrected chi connectivity index (χ2v) is 5.01. The Bertz CT molecular complexity index is 244. The summed E-state index contributed by atoms with van der Waals surface area (Å²) in [4.78, 5) is 0. The van der Waals surface area contributed by atoms with Gasteiger partial charge in [-0.15, -0.1) is 0 Å². The maximum Gasteiger partial charge on any atom is 0.164 e. The molecule has 1 aliphatic carbocycles. The molecule has 2 aliphatic rings. The molecule has 1 saturated carbocycles. The number of hydrogen-bond donors (Lipinski definition) is 2. The lowest BCUT2D eigenvalue weighted by atomic mass is 9.97.